The molecular weight excluding hydrogens is 448 g/mol. The van der Waals surface area contributed by atoms with E-state index in [1.54, 1.807) is 0 Å². The summed E-state index contributed by atoms with van der Waals surface area (Å²) in [5.74, 6) is 0.563. The molecule has 2 amide bonds. The third-order valence-corrected chi connectivity index (χ3v) is 8.22. The minimum absolute atomic E-state index is 0.0389. The lowest BCUT2D eigenvalue weighted by atomic mass is 9.85. The SMILES string of the molecule is CC[NH+](CC)CCCN1CC(=O)N2[C@@H](c3ccc(C(C)C)cc3)c3[nH]c4ccccc4c3C[C@H]2C1=O. The molecule has 3 heterocycles. The van der Waals surface area contributed by atoms with Crippen molar-refractivity contribution in [2.24, 2.45) is 0 Å². The van der Waals surface area contributed by atoms with Gasteiger partial charge in [-0.1, -0.05) is 56.3 Å². The summed E-state index contributed by atoms with van der Waals surface area (Å²) >= 11 is 0. The molecule has 2 atom stereocenters. The fourth-order valence-electron chi connectivity index (χ4n) is 6.05. The second-order valence-corrected chi connectivity index (χ2v) is 10.6. The zero-order valence-corrected chi connectivity index (χ0v) is 22.0. The third-order valence-electron chi connectivity index (χ3n) is 8.22. The van der Waals surface area contributed by atoms with Crippen LogP contribution < -0.4 is 4.90 Å². The van der Waals surface area contributed by atoms with Crippen molar-refractivity contribution in [3.05, 3.63) is 70.9 Å². The lowest BCUT2D eigenvalue weighted by Crippen LogP contribution is -3.11. The molecule has 5 rings (SSSR count). The Balaban J connectivity index is 1.51. The van der Waals surface area contributed by atoms with Gasteiger partial charge in [-0.25, -0.2) is 0 Å². The number of benzene rings is 2. The maximum absolute atomic E-state index is 13.8. The molecule has 0 spiro atoms. The molecule has 190 valence electrons. The first-order valence-corrected chi connectivity index (χ1v) is 13.6. The highest BCUT2D eigenvalue weighted by Gasteiger charge is 2.48. The number of carbonyl (C=O) groups is 2. The Kier molecular flexibility index (Phi) is 6.89. The van der Waals surface area contributed by atoms with Crippen LogP contribution in [0.15, 0.2) is 48.5 Å². The first kappa shape index (κ1) is 24.6. The monoisotopic (exact) mass is 487 g/mol. The molecule has 0 saturated carbocycles. The number of fused-ring (bicyclic) bond motifs is 4. The Labute approximate surface area is 214 Å². The Bertz CT molecular complexity index is 1240. The van der Waals surface area contributed by atoms with Crippen LogP contribution in [0, 0.1) is 0 Å². The minimum atomic E-state index is -0.464. The van der Waals surface area contributed by atoms with E-state index in [2.05, 4.69) is 69.1 Å². The van der Waals surface area contributed by atoms with Gasteiger partial charge in [0.25, 0.3) is 0 Å². The molecule has 1 aromatic heterocycles. The second kappa shape index (κ2) is 10.1. The Morgan fingerprint density at radius 2 is 1.75 bits per heavy atom. The standard InChI is InChI=1S/C30H38N4O2/c1-5-32(6-2)16-9-17-33-19-27(35)34-26(30(33)36)18-24-23-10-7-8-11-25(23)31-28(24)29(34)22-14-12-21(13-15-22)20(3)4/h7-8,10-15,20,26,29,31H,5-6,9,16-19H2,1-4H3/p+1/t26-,29-/m0/s1. The van der Waals surface area contributed by atoms with Gasteiger partial charge in [0, 0.05) is 36.0 Å². The first-order valence-electron chi connectivity index (χ1n) is 13.6. The van der Waals surface area contributed by atoms with Crippen LogP contribution in [0.5, 0.6) is 0 Å². The highest BCUT2D eigenvalue weighted by Crippen LogP contribution is 2.42. The van der Waals surface area contributed by atoms with Gasteiger partial charge in [-0.05, 0) is 42.5 Å². The fraction of sp³-hybridized carbons (Fsp3) is 0.467. The van der Waals surface area contributed by atoms with E-state index < -0.39 is 6.04 Å². The molecule has 2 N–H and O–H groups in total. The number of nitrogens with one attached hydrogen (secondary N) is 2. The maximum atomic E-state index is 13.8. The molecule has 0 bridgehead atoms. The van der Waals surface area contributed by atoms with Crippen molar-refractivity contribution in [2.75, 3.05) is 32.7 Å². The van der Waals surface area contributed by atoms with Crippen LogP contribution in [-0.2, 0) is 16.0 Å². The average Bonchev–Trinajstić information content (AvgIpc) is 3.26. The van der Waals surface area contributed by atoms with Crippen molar-refractivity contribution in [3.63, 3.8) is 0 Å². The van der Waals surface area contributed by atoms with Gasteiger partial charge in [0.05, 0.1) is 32.2 Å². The van der Waals surface area contributed by atoms with Crippen molar-refractivity contribution < 1.29 is 14.5 Å². The summed E-state index contributed by atoms with van der Waals surface area (Å²) in [7, 11) is 0. The van der Waals surface area contributed by atoms with Crippen LogP contribution in [0.2, 0.25) is 0 Å². The molecular formula is C30H39N4O2+. The molecule has 0 radical (unpaired) electrons. The smallest absolute Gasteiger partial charge is 0.246 e. The summed E-state index contributed by atoms with van der Waals surface area (Å²) in [5, 5.41) is 1.15. The number of aromatic amines is 1. The number of quaternary nitrogens is 1. The number of piperazine rings is 1. The van der Waals surface area contributed by atoms with Crippen molar-refractivity contribution in [1.82, 2.24) is 14.8 Å². The largest absolute Gasteiger partial charge is 0.356 e. The van der Waals surface area contributed by atoms with Gasteiger partial charge >= 0.3 is 0 Å². The summed E-state index contributed by atoms with van der Waals surface area (Å²) in [6.07, 6.45) is 1.48. The van der Waals surface area contributed by atoms with Crippen LogP contribution >= 0.6 is 0 Å². The Morgan fingerprint density at radius 1 is 1.03 bits per heavy atom. The van der Waals surface area contributed by atoms with Crippen molar-refractivity contribution in [3.8, 4) is 0 Å². The molecule has 3 aromatic rings. The van der Waals surface area contributed by atoms with Gasteiger partial charge in [0.15, 0.2) is 0 Å². The van der Waals surface area contributed by atoms with E-state index in [-0.39, 0.29) is 24.4 Å². The predicted molar refractivity (Wildman–Crippen MR) is 143 cm³/mol. The Hall–Kier alpha value is -3.12. The third kappa shape index (κ3) is 4.32. The number of amides is 2. The van der Waals surface area contributed by atoms with Gasteiger partial charge in [-0.3, -0.25) is 9.59 Å². The van der Waals surface area contributed by atoms with Crippen LogP contribution in [-0.4, -0.2) is 65.4 Å². The number of nitrogens with zero attached hydrogens (tertiary/aromatic N) is 2. The molecule has 36 heavy (non-hydrogen) atoms. The number of H-pyrrole nitrogens is 1. The van der Waals surface area contributed by atoms with Crippen molar-refractivity contribution >= 4 is 22.7 Å². The molecule has 1 fully saturated rings. The number of hydrogen-bond acceptors (Lipinski definition) is 2. The zero-order chi connectivity index (χ0) is 25.4. The molecule has 2 aromatic carbocycles. The van der Waals surface area contributed by atoms with Gasteiger partial charge in [-0.2, -0.15) is 0 Å². The van der Waals surface area contributed by atoms with Crippen LogP contribution in [0.1, 0.15) is 68.5 Å². The number of aromatic nitrogens is 1. The molecule has 6 nitrogen and oxygen atoms in total. The van der Waals surface area contributed by atoms with E-state index in [1.807, 2.05) is 21.9 Å². The molecule has 0 unspecified atom stereocenters. The first-order chi connectivity index (χ1) is 17.4. The highest BCUT2D eigenvalue weighted by atomic mass is 16.2. The van der Waals surface area contributed by atoms with Crippen LogP contribution in [0.3, 0.4) is 0 Å². The minimum Gasteiger partial charge on any atom is -0.356 e. The topological polar surface area (TPSA) is 60.9 Å². The zero-order valence-electron chi connectivity index (χ0n) is 22.0. The van der Waals surface area contributed by atoms with Gasteiger partial charge in [0.1, 0.15) is 6.04 Å². The maximum Gasteiger partial charge on any atom is 0.246 e. The Morgan fingerprint density at radius 3 is 2.44 bits per heavy atom. The summed E-state index contributed by atoms with van der Waals surface area (Å²) in [4.78, 5) is 36.3. The van der Waals surface area contributed by atoms with E-state index in [0.717, 1.165) is 48.2 Å². The molecule has 1 saturated heterocycles. The van der Waals surface area contributed by atoms with E-state index >= 15 is 0 Å². The predicted octanol–water partition coefficient (Wildman–Crippen LogP) is 3.29. The fourth-order valence-corrected chi connectivity index (χ4v) is 6.05. The normalized spacial score (nSPS) is 19.9. The van der Waals surface area contributed by atoms with Crippen molar-refractivity contribution in [1.29, 1.82) is 0 Å². The summed E-state index contributed by atoms with van der Waals surface area (Å²) < 4.78 is 0. The van der Waals surface area contributed by atoms with Crippen molar-refractivity contribution in [2.45, 2.75) is 58.5 Å². The number of carbonyl (C=O) groups excluding carboxylic acids is 2. The summed E-state index contributed by atoms with van der Waals surface area (Å²) in [6, 6.07) is 16.1. The van der Waals surface area contributed by atoms with Gasteiger partial charge in [-0.15, -0.1) is 0 Å². The number of rotatable bonds is 8. The molecule has 2 aliphatic heterocycles. The van der Waals surface area contributed by atoms with Crippen LogP contribution in [0.4, 0.5) is 0 Å². The molecule has 6 heteroatoms. The summed E-state index contributed by atoms with van der Waals surface area (Å²) in [6.45, 7) is 12.8. The number of para-hydroxylation sites is 1. The lowest BCUT2D eigenvalue weighted by Gasteiger charge is -2.47. The molecule has 0 aliphatic carbocycles. The van der Waals surface area contributed by atoms with E-state index in [1.165, 1.54) is 16.0 Å². The van der Waals surface area contributed by atoms with E-state index in [9.17, 15) is 9.59 Å². The van der Waals surface area contributed by atoms with E-state index in [4.69, 9.17) is 0 Å². The average molecular weight is 488 g/mol. The molecule has 2 aliphatic rings. The summed E-state index contributed by atoms with van der Waals surface area (Å²) in [5.41, 5.74) is 5.59. The van der Waals surface area contributed by atoms with Crippen LogP contribution in [0.25, 0.3) is 10.9 Å². The van der Waals surface area contributed by atoms with Gasteiger partial charge < -0.3 is 19.7 Å². The number of hydrogen-bond donors (Lipinski definition) is 2. The van der Waals surface area contributed by atoms with E-state index in [0.29, 0.717) is 18.9 Å². The second-order valence-electron chi connectivity index (χ2n) is 10.6. The quantitative estimate of drug-likeness (QED) is 0.512. The highest BCUT2D eigenvalue weighted by molar-refractivity contribution is 5.97. The van der Waals surface area contributed by atoms with Gasteiger partial charge in [0.2, 0.25) is 11.8 Å². The lowest BCUT2D eigenvalue weighted by molar-refractivity contribution is -0.896.